The molecule has 0 aliphatic heterocycles. The van der Waals surface area contributed by atoms with E-state index in [1.54, 1.807) is 0 Å². The van der Waals surface area contributed by atoms with E-state index >= 15 is 0 Å². The minimum Gasteiger partial charge on any atom is -0.215 e. The number of halogens is 6. The molecule has 0 aromatic carbocycles. The van der Waals surface area contributed by atoms with Crippen LogP contribution in [-0.4, -0.2) is 12.1 Å². The van der Waals surface area contributed by atoms with Crippen LogP contribution in [0.4, 0.5) is 26.3 Å². The highest BCUT2D eigenvalue weighted by atomic mass is 19.4. The molecule has 0 N–H and O–H groups in total. The maximum absolute atomic E-state index is 11.9. The van der Waals surface area contributed by atoms with Crippen LogP contribution in [-0.2, 0) is 0 Å². The minimum absolute atomic E-state index is 0.369. The van der Waals surface area contributed by atoms with Gasteiger partial charge < -0.3 is 0 Å². The molecule has 0 aliphatic carbocycles. The van der Waals surface area contributed by atoms with Crippen molar-refractivity contribution in [3.63, 3.8) is 0 Å². The highest BCUT2D eigenvalue weighted by Crippen LogP contribution is 2.40. The van der Waals surface area contributed by atoms with Crippen molar-refractivity contribution < 1.29 is 26.3 Å². The Morgan fingerprint density at radius 1 is 1.09 bits per heavy atom. The SMILES string of the molecule is C/C(=C/F)C(F)(F)C(F)(F)F. The van der Waals surface area contributed by atoms with Crippen molar-refractivity contribution in [2.75, 3.05) is 0 Å². The number of rotatable bonds is 1. The smallest absolute Gasteiger partial charge is 0.215 e. The molecule has 0 atom stereocenters. The molecular weight excluding hydrogens is 174 g/mol. The molecular formula is C5H4F6. The van der Waals surface area contributed by atoms with Gasteiger partial charge in [-0.05, 0) is 6.92 Å². The fourth-order valence-electron chi connectivity index (χ4n) is 0.292. The van der Waals surface area contributed by atoms with Crippen LogP contribution in [0.3, 0.4) is 0 Å². The van der Waals surface area contributed by atoms with Crippen molar-refractivity contribution >= 4 is 0 Å². The molecule has 0 heterocycles. The van der Waals surface area contributed by atoms with E-state index in [1.165, 1.54) is 0 Å². The van der Waals surface area contributed by atoms with E-state index in [0.29, 0.717) is 6.92 Å². The molecule has 0 saturated carbocycles. The first-order valence-electron chi connectivity index (χ1n) is 2.45. The van der Waals surface area contributed by atoms with Gasteiger partial charge in [0.15, 0.2) is 0 Å². The molecule has 0 fully saturated rings. The highest BCUT2D eigenvalue weighted by molar-refractivity contribution is 5.09. The van der Waals surface area contributed by atoms with Crippen LogP contribution in [0.15, 0.2) is 11.9 Å². The average molecular weight is 178 g/mol. The molecule has 0 amide bonds. The van der Waals surface area contributed by atoms with Crippen LogP contribution in [0.5, 0.6) is 0 Å². The average Bonchev–Trinajstić information content (AvgIpc) is 1.83. The second-order valence-electron chi connectivity index (χ2n) is 1.86. The molecule has 0 radical (unpaired) electrons. The maximum Gasteiger partial charge on any atom is 0.457 e. The Morgan fingerprint density at radius 3 is 1.55 bits per heavy atom. The van der Waals surface area contributed by atoms with E-state index in [2.05, 4.69) is 0 Å². The van der Waals surface area contributed by atoms with Gasteiger partial charge in [-0.3, -0.25) is 0 Å². The summed E-state index contributed by atoms with van der Waals surface area (Å²) in [6.07, 6.45) is -6.48. The molecule has 0 bridgehead atoms. The lowest BCUT2D eigenvalue weighted by molar-refractivity contribution is -0.264. The van der Waals surface area contributed by atoms with E-state index in [-0.39, 0.29) is 0 Å². The molecule has 0 saturated heterocycles. The number of allylic oxidation sites excluding steroid dienone is 1. The third-order valence-electron chi connectivity index (χ3n) is 1.01. The lowest BCUT2D eigenvalue weighted by Crippen LogP contribution is -2.37. The first kappa shape index (κ1) is 10.3. The van der Waals surface area contributed by atoms with Crippen molar-refractivity contribution in [1.29, 1.82) is 0 Å². The molecule has 0 spiro atoms. The number of hydrogen-bond donors (Lipinski definition) is 0. The zero-order valence-corrected chi connectivity index (χ0v) is 5.35. The summed E-state index contributed by atoms with van der Waals surface area (Å²) in [5, 5.41) is 0. The van der Waals surface area contributed by atoms with Gasteiger partial charge in [-0.15, -0.1) is 0 Å². The summed E-state index contributed by atoms with van der Waals surface area (Å²) in [5.41, 5.74) is -1.65. The highest BCUT2D eigenvalue weighted by Gasteiger charge is 2.58. The Hall–Kier alpha value is -0.680. The van der Waals surface area contributed by atoms with Crippen molar-refractivity contribution in [1.82, 2.24) is 0 Å². The van der Waals surface area contributed by atoms with Crippen molar-refractivity contribution in [2.45, 2.75) is 19.0 Å². The van der Waals surface area contributed by atoms with Crippen LogP contribution in [0.2, 0.25) is 0 Å². The lowest BCUT2D eigenvalue weighted by atomic mass is 10.2. The molecule has 6 heteroatoms. The van der Waals surface area contributed by atoms with Crippen LogP contribution in [0, 0.1) is 0 Å². The van der Waals surface area contributed by atoms with Gasteiger partial charge in [-0.1, -0.05) is 0 Å². The predicted octanol–water partition coefficient (Wildman–Crippen LogP) is 3.06. The topological polar surface area (TPSA) is 0 Å². The Bertz CT molecular complexity index is 164. The van der Waals surface area contributed by atoms with Crippen LogP contribution in [0.25, 0.3) is 0 Å². The van der Waals surface area contributed by atoms with E-state index in [4.69, 9.17) is 0 Å². The van der Waals surface area contributed by atoms with E-state index in [0.717, 1.165) is 0 Å². The van der Waals surface area contributed by atoms with Gasteiger partial charge in [0.1, 0.15) is 0 Å². The van der Waals surface area contributed by atoms with Gasteiger partial charge in [0, 0.05) is 5.57 Å². The van der Waals surface area contributed by atoms with Crippen molar-refractivity contribution in [2.24, 2.45) is 0 Å². The van der Waals surface area contributed by atoms with E-state index in [9.17, 15) is 26.3 Å². The Balaban J connectivity index is 4.74. The van der Waals surface area contributed by atoms with Gasteiger partial charge in [0.05, 0.1) is 6.33 Å². The molecule has 66 valence electrons. The third-order valence-corrected chi connectivity index (χ3v) is 1.01. The van der Waals surface area contributed by atoms with E-state index < -0.39 is 24.0 Å². The van der Waals surface area contributed by atoms with Gasteiger partial charge in [-0.2, -0.15) is 22.0 Å². The summed E-state index contributed by atoms with van der Waals surface area (Å²) in [5.74, 6) is -5.07. The molecule has 0 aliphatic rings. The number of alkyl halides is 5. The molecule has 0 rings (SSSR count). The largest absolute Gasteiger partial charge is 0.457 e. The van der Waals surface area contributed by atoms with Gasteiger partial charge in [0.2, 0.25) is 0 Å². The van der Waals surface area contributed by atoms with Crippen molar-refractivity contribution in [3.8, 4) is 0 Å². The minimum atomic E-state index is -5.72. The van der Waals surface area contributed by atoms with Gasteiger partial charge in [-0.25, -0.2) is 4.39 Å². The standard InChI is InChI=1S/C5H4F6/c1-3(2-6)4(7,8)5(9,10)11/h2H,1H3/b3-2-. The zero-order chi connectivity index (χ0) is 9.28. The molecule has 0 nitrogen and oxygen atoms in total. The Morgan fingerprint density at radius 2 is 1.45 bits per heavy atom. The summed E-state index contributed by atoms with van der Waals surface area (Å²) in [7, 11) is 0. The second-order valence-corrected chi connectivity index (χ2v) is 1.86. The normalized spacial score (nSPS) is 15.4. The predicted molar refractivity (Wildman–Crippen MR) is 25.9 cm³/mol. The molecule has 0 unspecified atom stereocenters. The fourth-order valence-corrected chi connectivity index (χ4v) is 0.292. The monoisotopic (exact) mass is 178 g/mol. The Kier molecular flexibility index (Phi) is 2.58. The molecule has 11 heavy (non-hydrogen) atoms. The summed E-state index contributed by atoms with van der Waals surface area (Å²) in [4.78, 5) is 0. The van der Waals surface area contributed by atoms with Crippen LogP contribution >= 0.6 is 0 Å². The van der Waals surface area contributed by atoms with Crippen LogP contribution < -0.4 is 0 Å². The van der Waals surface area contributed by atoms with Crippen molar-refractivity contribution in [3.05, 3.63) is 11.9 Å². The summed E-state index contributed by atoms with van der Waals surface area (Å²) < 4.78 is 69.0. The maximum atomic E-state index is 11.9. The number of hydrogen-bond acceptors (Lipinski definition) is 0. The first-order valence-corrected chi connectivity index (χ1v) is 2.45. The quantitative estimate of drug-likeness (QED) is 0.541. The van der Waals surface area contributed by atoms with E-state index in [1.807, 2.05) is 0 Å². The first-order chi connectivity index (χ1) is 4.73. The lowest BCUT2D eigenvalue weighted by Gasteiger charge is -2.18. The van der Waals surface area contributed by atoms with Crippen LogP contribution in [0.1, 0.15) is 6.92 Å². The third kappa shape index (κ3) is 1.87. The molecule has 0 aromatic heterocycles. The van der Waals surface area contributed by atoms with Gasteiger partial charge >= 0.3 is 12.1 Å². The Labute approximate surface area is 58.5 Å². The van der Waals surface area contributed by atoms with Gasteiger partial charge in [0.25, 0.3) is 0 Å². The second kappa shape index (κ2) is 2.75. The molecule has 0 aromatic rings. The zero-order valence-electron chi connectivity index (χ0n) is 5.35. The summed E-state index contributed by atoms with van der Waals surface area (Å²) >= 11 is 0. The fraction of sp³-hybridized carbons (Fsp3) is 0.600. The summed E-state index contributed by atoms with van der Waals surface area (Å²) in [6.45, 7) is 0.369. The summed E-state index contributed by atoms with van der Waals surface area (Å²) in [6, 6.07) is 0.